The highest BCUT2D eigenvalue weighted by Gasteiger charge is 2.18. The molecule has 0 aliphatic heterocycles. The minimum Gasteiger partial charge on any atom is -0.324 e. The molecule has 3 rings (SSSR count). The van der Waals surface area contributed by atoms with Crippen molar-refractivity contribution in [2.24, 2.45) is 0 Å². The number of carbonyl (C=O) groups excluding carboxylic acids is 1. The van der Waals surface area contributed by atoms with Gasteiger partial charge in [0.2, 0.25) is 11.1 Å². The number of halogens is 2. The average Bonchev–Trinajstić information content (AvgIpc) is 3.24. The third-order valence-corrected chi connectivity index (χ3v) is 5.95. The number of rotatable bonds is 6. The van der Waals surface area contributed by atoms with Gasteiger partial charge in [0.25, 0.3) is 0 Å². The van der Waals surface area contributed by atoms with Gasteiger partial charge in [-0.15, -0.1) is 16.4 Å². The Morgan fingerprint density at radius 2 is 2.20 bits per heavy atom. The normalized spacial score (nSPS) is 12.1. The van der Waals surface area contributed by atoms with Crippen molar-refractivity contribution in [2.75, 3.05) is 5.32 Å². The Bertz CT molecular complexity index is 867. The van der Waals surface area contributed by atoms with Crippen molar-refractivity contribution in [2.45, 2.75) is 23.8 Å². The zero-order valence-electron chi connectivity index (χ0n) is 13.1. The van der Waals surface area contributed by atoms with Crippen LogP contribution in [0.4, 0.5) is 5.69 Å². The maximum absolute atomic E-state index is 12.3. The fourth-order valence-corrected chi connectivity index (χ4v) is 3.83. The number of aromatic nitrogens is 3. The second-order valence-corrected chi connectivity index (χ2v) is 8.30. The summed E-state index contributed by atoms with van der Waals surface area (Å²) in [6.07, 6.45) is 0.698. The number of carbonyl (C=O) groups is 1. The van der Waals surface area contributed by atoms with Crippen LogP contribution in [0, 0.1) is 0 Å². The van der Waals surface area contributed by atoms with Crippen LogP contribution >= 0.6 is 46.3 Å². The second kappa shape index (κ2) is 8.23. The van der Waals surface area contributed by atoms with Crippen LogP contribution in [-0.4, -0.2) is 26.3 Å². The Hall–Kier alpha value is -1.54. The minimum atomic E-state index is -0.388. The number of aromatic amines is 1. The summed E-state index contributed by atoms with van der Waals surface area (Å²) in [4.78, 5) is 18.0. The summed E-state index contributed by atoms with van der Waals surface area (Å²) in [6.45, 7) is 1.79. The van der Waals surface area contributed by atoms with E-state index in [1.165, 1.54) is 16.6 Å². The largest absolute Gasteiger partial charge is 0.324 e. The van der Waals surface area contributed by atoms with E-state index >= 15 is 0 Å². The van der Waals surface area contributed by atoms with Crippen molar-refractivity contribution < 1.29 is 4.79 Å². The SMILES string of the molecule is C[C@H](Sc1n[nH]c(Cc2cccs2)n1)C(=O)Nc1cccc(Cl)c1Cl. The first kappa shape index (κ1) is 18.3. The molecule has 1 atom stereocenters. The Balaban J connectivity index is 1.60. The molecular weight excluding hydrogens is 399 g/mol. The summed E-state index contributed by atoms with van der Waals surface area (Å²) in [6, 6.07) is 9.15. The predicted molar refractivity (Wildman–Crippen MR) is 104 cm³/mol. The molecule has 2 N–H and O–H groups in total. The van der Waals surface area contributed by atoms with Gasteiger partial charge in [-0.3, -0.25) is 9.89 Å². The maximum Gasteiger partial charge on any atom is 0.237 e. The molecule has 3 aromatic rings. The summed E-state index contributed by atoms with van der Waals surface area (Å²) < 4.78 is 0. The quantitative estimate of drug-likeness (QED) is 0.565. The maximum atomic E-state index is 12.3. The van der Waals surface area contributed by atoms with Gasteiger partial charge in [0.1, 0.15) is 5.82 Å². The third-order valence-electron chi connectivity index (χ3n) is 3.29. The second-order valence-electron chi connectivity index (χ2n) is 5.17. The third kappa shape index (κ3) is 4.76. The van der Waals surface area contributed by atoms with Gasteiger partial charge in [-0.25, -0.2) is 4.98 Å². The molecule has 2 heterocycles. The number of nitrogens with zero attached hydrogens (tertiary/aromatic N) is 2. The monoisotopic (exact) mass is 412 g/mol. The van der Waals surface area contributed by atoms with Gasteiger partial charge < -0.3 is 5.32 Å². The number of anilines is 1. The van der Waals surface area contributed by atoms with Crippen molar-refractivity contribution in [1.82, 2.24) is 15.2 Å². The molecule has 0 aliphatic carbocycles. The van der Waals surface area contributed by atoms with Crippen LogP contribution in [0.5, 0.6) is 0 Å². The molecule has 0 fully saturated rings. The van der Waals surface area contributed by atoms with Crippen molar-refractivity contribution in [3.05, 3.63) is 56.5 Å². The smallest absolute Gasteiger partial charge is 0.237 e. The molecule has 0 spiro atoms. The number of nitrogens with one attached hydrogen (secondary N) is 2. The van der Waals surface area contributed by atoms with Gasteiger partial charge in [0.15, 0.2) is 0 Å². The first-order valence-electron chi connectivity index (χ1n) is 7.38. The van der Waals surface area contributed by atoms with Crippen molar-refractivity contribution in [3.8, 4) is 0 Å². The number of thiophene rings is 1. The van der Waals surface area contributed by atoms with Crippen LogP contribution < -0.4 is 5.32 Å². The zero-order valence-corrected chi connectivity index (χ0v) is 16.3. The molecule has 0 aliphatic rings. The van der Waals surface area contributed by atoms with E-state index in [2.05, 4.69) is 20.5 Å². The van der Waals surface area contributed by atoms with Crippen molar-refractivity contribution in [3.63, 3.8) is 0 Å². The van der Waals surface area contributed by atoms with Gasteiger partial charge in [0, 0.05) is 11.3 Å². The lowest BCUT2D eigenvalue weighted by Gasteiger charge is -2.11. The van der Waals surface area contributed by atoms with E-state index in [0.29, 0.717) is 27.3 Å². The lowest BCUT2D eigenvalue weighted by atomic mass is 10.3. The van der Waals surface area contributed by atoms with Crippen LogP contribution in [0.25, 0.3) is 0 Å². The molecule has 0 radical (unpaired) electrons. The number of thioether (sulfide) groups is 1. The molecule has 0 unspecified atom stereocenters. The zero-order chi connectivity index (χ0) is 17.8. The summed E-state index contributed by atoms with van der Waals surface area (Å²) >= 11 is 15.0. The summed E-state index contributed by atoms with van der Waals surface area (Å²) in [7, 11) is 0. The molecule has 2 aromatic heterocycles. The minimum absolute atomic E-state index is 0.196. The van der Waals surface area contributed by atoms with E-state index in [0.717, 1.165) is 5.82 Å². The average molecular weight is 413 g/mol. The van der Waals surface area contributed by atoms with E-state index in [4.69, 9.17) is 23.2 Å². The van der Waals surface area contributed by atoms with E-state index in [1.807, 2.05) is 17.5 Å². The Labute approximate surface area is 163 Å². The molecule has 0 saturated heterocycles. The molecule has 0 bridgehead atoms. The van der Waals surface area contributed by atoms with E-state index in [1.54, 1.807) is 36.5 Å². The highest BCUT2D eigenvalue weighted by atomic mass is 35.5. The van der Waals surface area contributed by atoms with Crippen LogP contribution in [-0.2, 0) is 11.2 Å². The lowest BCUT2D eigenvalue weighted by Crippen LogP contribution is -2.22. The van der Waals surface area contributed by atoms with Crippen LogP contribution in [0.2, 0.25) is 10.0 Å². The molecule has 9 heteroatoms. The van der Waals surface area contributed by atoms with Gasteiger partial charge in [-0.05, 0) is 30.5 Å². The van der Waals surface area contributed by atoms with Gasteiger partial charge in [-0.2, -0.15) is 0 Å². The number of hydrogen-bond donors (Lipinski definition) is 2. The molecule has 5 nitrogen and oxygen atoms in total. The number of amides is 1. The number of H-pyrrole nitrogens is 1. The Kier molecular flexibility index (Phi) is 6.01. The van der Waals surface area contributed by atoms with E-state index < -0.39 is 0 Å². The van der Waals surface area contributed by atoms with Gasteiger partial charge in [-0.1, -0.05) is 47.1 Å². The summed E-state index contributed by atoms with van der Waals surface area (Å²) in [5.74, 6) is 0.578. The van der Waals surface area contributed by atoms with Crippen LogP contribution in [0.1, 0.15) is 17.6 Å². The molecule has 1 amide bonds. The summed E-state index contributed by atoms with van der Waals surface area (Å²) in [5, 5.41) is 12.7. The first-order chi connectivity index (χ1) is 12.0. The Morgan fingerprint density at radius 3 is 2.96 bits per heavy atom. The van der Waals surface area contributed by atoms with Crippen LogP contribution in [0.3, 0.4) is 0 Å². The van der Waals surface area contributed by atoms with Crippen molar-refractivity contribution in [1.29, 1.82) is 0 Å². The predicted octanol–water partition coefficient (Wildman–Crippen LogP) is 4.88. The molecular formula is C16H14Cl2N4OS2. The highest BCUT2D eigenvalue weighted by molar-refractivity contribution is 8.00. The van der Waals surface area contributed by atoms with Gasteiger partial charge in [0.05, 0.1) is 21.0 Å². The Morgan fingerprint density at radius 1 is 1.36 bits per heavy atom. The first-order valence-corrected chi connectivity index (χ1v) is 9.89. The van der Waals surface area contributed by atoms with E-state index in [-0.39, 0.29) is 11.2 Å². The summed E-state index contributed by atoms with van der Waals surface area (Å²) in [5.41, 5.74) is 0.486. The van der Waals surface area contributed by atoms with E-state index in [9.17, 15) is 4.79 Å². The number of hydrogen-bond acceptors (Lipinski definition) is 5. The highest BCUT2D eigenvalue weighted by Crippen LogP contribution is 2.30. The van der Waals surface area contributed by atoms with Crippen LogP contribution in [0.15, 0.2) is 40.9 Å². The fraction of sp³-hybridized carbons (Fsp3) is 0.188. The molecule has 130 valence electrons. The molecule has 1 aromatic carbocycles. The fourth-order valence-electron chi connectivity index (χ4n) is 2.03. The standard InChI is InChI=1S/C16H14Cl2N4OS2/c1-9(15(23)19-12-6-2-5-11(17)14(12)18)25-16-20-13(21-22-16)8-10-4-3-7-24-10/h2-7,9H,8H2,1H3,(H,19,23)(H,20,21,22)/t9-/m0/s1. The molecule has 25 heavy (non-hydrogen) atoms. The van der Waals surface area contributed by atoms with Crippen molar-refractivity contribution >= 4 is 57.9 Å². The lowest BCUT2D eigenvalue weighted by molar-refractivity contribution is -0.115. The van der Waals surface area contributed by atoms with Gasteiger partial charge >= 0.3 is 0 Å². The number of benzene rings is 1. The topological polar surface area (TPSA) is 70.7 Å². The molecule has 0 saturated carbocycles.